The van der Waals surface area contributed by atoms with Gasteiger partial charge in [0.25, 0.3) is 0 Å². The molecule has 3 rings (SSSR count). The zero-order valence-electron chi connectivity index (χ0n) is 15.3. The van der Waals surface area contributed by atoms with Crippen LogP contribution in [0.5, 0.6) is 0 Å². The van der Waals surface area contributed by atoms with Crippen LogP contribution in [0.15, 0.2) is 36.9 Å². The van der Waals surface area contributed by atoms with Crippen molar-refractivity contribution in [2.24, 2.45) is 0 Å². The van der Waals surface area contributed by atoms with Crippen LogP contribution in [-0.2, 0) is 4.74 Å². The van der Waals surface area contributed by atoms with Crippen molar-refractivity contribution in [2.75, 3.05) is 45.7 Å². The molecular weight excluding hydrogens is 332 g/mol. The number of hydrogen-bond donors (Lipinski definition) is 1. The fraction of sp³-hybridized carbons (Fsp3) is 0.500. The second kappa shape index (κ2) is 8.77. The molecule has 2 heterocycles. The van der Waals surface area contributed by atoms with Crippen LogP contribution in [0.25, 0.3) is 5.69 Å². The number of nitrogens with one attached hydrogen (secondary N) is 1. The Labute approximate surface area is 153 Å². The van der Waals surface area contributed by atoms with Crippen LogP contribution in [-0.4, -0.2) is 77.0 Å². The molecular formula is C18H26N6O2. The third kappa shape index (κ3) is 5.03. The maximum Gasteiger partial charge on any atom is 0.321 e. The van der Waals surface area contributed by atoms with E-state index in [1.807, 2.05) is 43.3 Å². The Balaban J connectivity index is 1.66. The van der Waals surface area contributed by atoms with Crippen molar-refractivity contribution in [3.05, 3.63) is 36.9 Å². The Morgan fingerprint density at radius 1 is 1.31 bits per heavy atom. The standard InChI is InChI=1S/C18H26N6O2/c1-22(2)8-9-23(12-17-7-4-10-26-17)18(25)21-15-5-3-6-16(11-15)24-13-19-20-14-24/h3,5-6,11,13-14,17H,4,7-10,12H2,1-2H3,(H,21,25)/t17-/m0/s1. The third-order valence-electron chi connectivity index (χ3n) is 4.37. The Kier molecular flexibility index (Phi) is 6.19. The summed E-state index contributed by atoms with van der Waals surface area (Å²) in [5, 5.41) is 10.6. The van der Waals surface area contributed by atoms with Crippen LogP contribution in [0.3, 0.4) is 0 Å². The lowest BCUT2D eigenvalue weighted by Gasteiger charge is -2.27. The molecule has 0 spiro atoms. The highest BCUT2D eigenvalue weighted by molar-refractivity contribution is 5.89. The van der Waals surface area contributed by atoms with Crippen molar-refractivity contribution in [3.8, 4) is 5.69 Å². The SMILES string of the molecule is CN(C)CCN(C[C@@H]1CCCO1)C(=O)Nc1cccc(-n2cnnc2)c1. The van der Waals surface area contributed by atoms with Crippen LogP contribution < -0.4 is 5.32 Å². The van der Waals surface area contributed by atoms with Crippen molar-refractivity contribution in [3.63, 3.8) is 0 Å². The minimum atomic E-state index is -0.108. The second-order valence-electron chi connectivity index (χ2n) is 6.73. The predicted octanol–water partition coefficient (Wildman–Crippen LogP) is 1.84. The number of likely N-dealkylation sites (N-methyl/N-ethyl adjacent to an activating group) is 1. The molecule has 0 radical (unpaired) electrons. The van der Waals surface area contributed by atoms with Crippen molar-refractivity contribution in [2.45, 2.75) is 18.9 Å². The molecule has 2 amide bonds. The minimum Gasteiger partial charge on any atom is -0.376 e. The molecule has 1 N–H and O–H groups in total. The van der Waals surface area contributed by atoms with Crippen LogP contribution in [0, 0.1) is 0 Å². The predicted molar refractivity (Wildman–Crippen MR) is 99.5 cm³/mol. The number of nitrogens with zero attached hydrogens (tertiary/aromatic N) is 5. The molecule has 140 valence electrons. The summed E-state index contributed by atoms with van der Waals surface area (Å²) in [5.74, 6) is 0. The molecule has 1 aromatic carbocycles. The number of carbonyl (C=O) groups excluding carboxylic acids is 1. The first-order valence-electron chi connectivity index (χ1n) is 8.89. The van der Waals surface area contributed by atoms with Gasteiger partial charge < -0.3 is 19.9 Å². The van der Waals surface area contributed by atoms with Gasteiger partial charge in [0, 0.05) is 31.9 Å². The first-order valence-corrected chi connectivity index (χ1v) is 8.89. The highest BCUT2D eigenvalue weighted by Gasteiger charge is 2.22. The molecule has 1 saturated heterocycles. The molecule has 26 heavy (non-hydrogen) atoms. The average molecular weight is 358 g/mol. The number of carbonyl (C=O) groups is 1. The van der Waals surface area contributed by atoms with Crippen molar-refractivity contribution < 1.29 is 9.53 Å². The van der Waals surface area contributed by atoms with E-state index in [9.17, 15) is 4.79 Å². The molecule has 1 atom stereocenters. The molecule has 2 aromatic rings. The van der Waals surface area contributed by atoms with Gasteiger partial charge in [-0.2, -0.15) is 0 Å². The number of ether oxygens (including phenoxy) is 1. The van der Waals surface area contributed by atoms with Gasteiger partial charge in [0.2, 0.25) is 0 Å². The highest BCUT2D eigenvalue weighted by Crippen LogP contribution is 2.17. The molecule has 1 aliphatic heterocycles. The maximum absolute atomic E-state index is 12.8. The Hall–Kier alpha value is -2.45. The van der Waals surface area contributed by atoms with Gasteiger partial charge in [0.1, 0.15) is 12.7 Å². The van der Waals surface area contributed by atoms with E-state index in [2.05, 4.69) is 20.4 Å². The largest absolute Gasteiger partial charge is 0.376 e. The Morgan fingerprint density at radius 2 is 2.12 bits per heavy atom. The van der Waals surface area contributed by atoms with Gasteiger partial charge in [0.15, 0.2) is 0 Å². The number of amides is 2. The lowest BCUT2D eigenvalue weighted by molar-refractivity contribution is 0.0820. The van der Waals surface area contributed by atoms with E-state index in [1.165, 1.54) is 0 Å². The van der Waals surface area contributed by atoms with E-state index >= 15 is 0 Å². The summed E-state index contributed by atoms with van der Waals surface area (Å²) in [7, 11) is 4.01. The lowest BCUT2D eigenvalue weighted by Crippen LogP contribution is -2.43. The third-order valence-corrected chi connectivity index (χ3v) is 4.37. The summed E-state index contributed by atoms with van der Waals surface area (Å²) < 4.78 is 7.50. The molecule has 0 aliphatic carbocycles. The van der Waals surface area contributed by atoms with Gasteiger partial charge in [-0.15, -0.1) is 10.2 Å². The first-order chi connectivity index (χ1) is 12.6. The van der Waals surface area contributed by atoms with E-state index in [0.29, 0.717) is 13.1 Å². The number of rotatable bonds is 7. The summed E-state index contributed by atoms with van der Waals surface area (Å²) in [5.41, 5.74) is 1.63. The fourth-order valence-corrected chi connectivity index (χ4v) is 2.91. The van der Waals surface area contributed by atoms with Crippen LogP contribution in [0.2, 0.25) is 0 Å². The summed E-state index contributed by atoms with van der Waals surface area (Å²) in [6, 6.07) is 7.51. The van der Waals surface area contributed by atoms with Gasteiger partial charge >= 0.3 is 6.03 Å². The summed E-state index contributed by atoms with van der Waals surface area (Å²) in [6.45, 7) is 2.87. The summed E-state index contributed by atoms with van der Waals surface area (Å²) in [6.07, 6.45) is 5.46. The van der Waals surface area contributed by atoms with Gasteiger partial charge in [-0.1, -0.05) is 6.07 Å². The van der Waals surface area contributed by atoms with Gasteiger partial charge in [-0.05, 0) is 45.1 Å². The quantitative estimate of drug-likeness (QED) is 0.817. The van der Waals surface area contributed by atoms with Gasteiger partial charge in [-0.3, -0.25) is 4.57 Å². The summed E-state index contributed by atoms with van der Waals surface area (Å²) >= 11 is 0. The highest BCUT2D eigenvalue weighted by atomic mass is 16.5. The van der Waals surface area contributed by atoms with E-state index in [4.69, 9.17) is 4.74 Å². The fourth-order valence-electron chi connectivity index (χ4n) is 2.91. The summed E-state index contributed by atoms with van der Waals surface area (Å²) in [4.78, 5) is 16.7. The van der Waals surface area contributed by atoms with Crippen molar-refractivity contribution in [1.82, 2.24) is 24.6 Å². The molecule has 0 unspecified atom stereocenters. The van der Waals surface area contributed by atoms with E-state index in [-0.39, 0.29) is 12.1 Å². The van der Waals surface area contributed by atoms with E-state index in [0.717, 1.165) is 37.4 Å². The van der Waals surface area contributed by atoms with E-state index < -0.39 is 0 Å². The van der Waals surface area contributed by atoms with Gasteiger partial charge in [0.05, 0.1) is 11.8 Å². The topological polar surface area (TPSA) is 75.5 Å². The molecule has 1 aromatic heterocycles. The molecule has 0 saturated carbocycles. The average Bonchev–Trinajstić information content (AvgIpc) is 3.32. The molecule has 8 heteroatoms. The number of benzene rings is 1. The van der Waals surface area contributed by atoms with Crippen LogP contribution in [0.1, 0.15) is 12.8 Å². The molecule has 8 nitrogen and oxygen atoms in total. The normalized spacial score (nSPS) is 16.8. The zero-order valence-corrected chi connectivity index (χ0v) is 15.3. The van der Waals surface area contributed by atoms with Crippen molar-refractivity contribution >= 4 is 11.7 Å². The van der Waals surface area contributed by atoms with Crippen LogP contribution >= 0.6 is 0 Å². The number of hydrogen-bond acceptors (Lipinski definition) is 5. The molecule has 1 fully saturated rings. The Morgan fingerprint density at radius 3 is 2.81 bits per heavy atom. The zero-order chi connectivity index (χ0) is 18.4. The second-order valence-corrected chi connectivity index (χ2v) is 6.73. The number of aromatic nitrogens is 3. The van der Waals surface area contributed by atoms with Gasteiger partial charge in [-0.25, -0.2) is 4.79 Å². The minimum absolute atomic E-state index is 0.108. The van der Waals surface area contributed by atoms with Crippen LogP contribution in [0.4, 0.5) is 10.5 Å². The van der Waals surface area contributed by atoms with E-state index in [1.54, 1.807) is 17.2 Å². The first kappa shape index (κ1) is 18.3. The number of anilines is 1. The molecule has 1 aliphatic rings. The monoisotopic (exact) mass is 358 g/mol. The lowest BCUT2D eigenvalue weighted by atomic mass is 10.2. The smallest absolute Gasteiger partial charge is 0.321 e. The maximum atomic E-state index is 12.8. The van der Waals surface area contributed by atoms with Crippen molar-refractivity contribution in [1.29, 1.82) is 0 Å². The Bertz CT molecular complexity index is 697. The number of urea groups is 1. The molecule has 0 bridgehead atoms.